The summed E-state index contributed by atoms with van der Waals surface area (Å²) in [6.45, 7) is 11.2. The maximum Gasteiger partial charge on any atom is 0.267 e. The Kier molecular flexibility index (Phi) is 5.89. The molecule has 0 saturated carbocycles. The molecule has 1 heterocycles. The number of carbonyl (C=O) groups is 1. The van der Waals surface area contributed by atoms with Gasteiger partial charge in [-0.15, -0.1) is 11.3 Å². The number of nitrogens with one attached hydrogen (secondary N) is 2. The zero-order valence-electron chi connectivity index (χ0n) is 15.9. The maximum absolute atomic E-state index is 12.6. The number of rotatable bonds is 5. The zero-order valence-corrected chi connectivity index (χ0v) is 17.5. The third-order valence-corrected chi connectivity index (χ3v) is 6.57. The van der Waals surface area contributed by atoms with Gasteiger partial charge in [-0.3, -0.25) is 4.79 Å². The van der Waals surface area contributed by atoms with E-state index in [4.69, 9.17) is 0 Å². The van der Waals surface area contributed by atoms with Crippen LogP contribution in [0.3, 0.4) is 0 Å². The molecule has 0 fully saturated rings. The number of hydrogen-bond acceptors (Lipinski definition) is 5. The SMILES string of the molecule is Cc1nc(C(C)C)sc1C(=O)Nc1cccc(S(=O)(=O)NC(C)(C)C)c1. The van der Waals surface area contributed by atoms with Crippen molar-refractivity contribution in [3.63, 3.8) is 0 Å². The van der Waals surface area contributed by atoms with Crippen LogP contribution in [0, 0.1) is 6.92 Å². The second-order valence-electron chi connectivity index (χ2n) is 7.46. The Labute approximate surface area is 159 Å². The van der Waals surface area contributed by atoms with Crippen molar-refractivity contribution >= 4 is 33.0 Å². The lowest BCUT2D eigenvalue weighted by molar-refractivity contribution is 0.102. The Morgan fingerprint density at radius 2 is 1.88 bits per heavy atom. The number of nitrogens with zero attached hydrogens (tertiary/aromatic N) is 1. The molecule has 0 saturated heterocycles. The van der Waals surface area contributed by atoms with Gasteiger partial charge in [-0.1, -0.05) is 19.9 Å². The fourth-order valence-corrected chi connectivity index (χ4v) is 4.69. The zero-order chi connectivity index (χ0) is 19.7. The van der Waals surface area contributed by atoms with Gasteiger partial charge in [0.1, 0.15) is 4.88 Å². The summed E-state index contributed by atoms with van der Waals surface area (Å²) in [5.41, 5.74) is 0.505. The van der Waals surface area contributed by atoms with Crippen molar-refractivity contribution in [3.8, 4) is 0 Å². The first-order chi connectivity index (χ1) is 11.9. The lowest BCUT2D eigenvalue weighted by Gasteiger charge is -2.20. The van der Waals surface area contributed by atoms with Gasteiger partial charge >= 0.3 is 0 Å². The molecule has 1 aromatic heterocycles. The number of anilines is 1. The summed E-state index contributed by atoms with van der Waals surface area (Å²) in [7, 11) is -3.67. The van der Waals surface area contributed by atoms with Crippen LogP contribution in [0.5, 0.6) is 0 Å². The molecule has 0 spiro atoms. The molecule has 8 heteroatoms. The molecule has 2 aromatic rings. The summed E-state index contributed by atoms with van der Waals surface area (Å²) in [5, 5.41) is 3.67. The van der Waals surface area contributed by atoms with Gasteiger partial charge in [0.25, 0.3) is 5.91 Å². The molecule has 26 heavy (non-hydrogen) atoms. The summed E-state index contributed by atoms with van der Waals surface area (Å²) in [6, 6.07) is 6.21. The quantitative estimate of drug-likeness (QED) is 0.803. The molecule has 6 nitrogen and oxygen atoms in total. The minimum atomic E-state index is -3.67. The van der Waals surface area contributed by atoms with Crippen LogP contribution in [0.25, 0.3) is 0 Å². The molecule has 2 rings (SSSR count). The number of amides is 1. The summed E-state index contributed by atoms with van der Waals surface area (Å²) < 4.78 is 27.5. The Hall–Kier alpha value is -1.77. The van der Waals surface area contributed by atoms with Gasteiger partial charge in [0, 0.05) is 17.1 Å². The van der Waals surface area contributed by atoms with Gasteiger partial charge in [0.2, 0.25) is 10.0 Å². The van der Waals surface area contributed by atoms with Crippen LogP contribution in [-0.2, 0) is 10.0 Å². The highest BCUT2D eigenvalue weighted by molar-refractivity contribution is 7.89. The minimum absolute atomic E-state index is 0.106. The van der Waals surface area contributed by atoms with Gasteiger partial charge in [-0.05, 0) is 45.9 Å². The van der Waals surface area contributed by atoms with E-state index in [9.17, 15) is 13.2 Å². The second kappa shape index (κ2) is 7.46. The van der Waals surface area contributed by atoms with E-state index in [-0.39, 0.29) is 16.7 Å². The van der Waals surface area contributed by atoms with E-state index in [1.807, 2.05) is 13.8 Å². The molecular formula is C18H25N3O3S2. The molecule has 2 N–H and O–H groups in total. The summed E-state index contributed by atoms with van der Waals surface area (Å²) in [5.74, 6) is -0.0394. The van der Waals surface area contributed by atoms with Crippen molar-refractivity contribution in [3.05, 3.63) is 39.8 Å². The normalized spacial score (nSPS) is 12.4. The van der Waals surface area contributed by atoms with E-state index >= 15 is 0 Å². The molecule has 0 unspecified atom stereocenters. The topological polar surface area (TPSA) is 88.2 Å². The van der Waals surface area contributed by atoms with Crippen molar-refractivity contribution < 1.29 is 13.2 Å². The number of hydrogen-bond donors (Lipinski definition) is 2. The van der Waals surface area contributed by atoms with Crippen LogP contribution in [-0.4, -0.2) is 24.8 Å². The number of benzene rings is 1. The van der Waals surface area contributed by atoms with Crippen molar-refractivity contribution in [2.45, 2.75) is 57.9 Å². The molecule has 0 radical (unpaired) electrons. The molecule has 0 aliphatic carbocycles. The first-order valence-electron chi connectivity index (χ1n) is 8.32. The van der Waals surface area contributed by atoms with E-state index in [0.717, 1.165) is 5.01 Å². The molecule has 1 amide bonds. The highest BCUT2D eigenvalue weighted by Crippen LogP contribution is 2.26. The van der Waals surface area contributed by atoms with Crippen LogP contribution in [0.2, 0.25) is 0 Å². The largest absolute Gasteiger partial charge is 0.321 e. The van der Waals surface area contributed by atoms with Gasteiger partial charge in [0.05, 0.1) is 15.6 Å². The van der Waals surface area contributed by atoms with Gasteiger partial charge in [-0.25, -0.2) is 18.1 Å². The monoisotopic (exact) mass is 395 g/mol. The standard InChI is InChI=1S/C18H25N3O3S2/c1-11(2)17-19-12(3)15(25-17)16(22)20-13-8-7-9-14(10-13)26(23,24)21-18(4,5)6/h7-11,21H,1-6H3,(H,20,22). The average molecular weight is 396 g/mol. The Morgan fingerprint density at radius 3 is 2.42 bits per heavy atom. The van der Waals surface area contributed by atoms with Crippen LogP contribution in [0.1, 0.15) is 60.9 Å². The maximum atomic E-state index is 12.6. The fraction of sp³-hybridized carbons (Fsp3) is 0.444. The van der Waals surface area contributed by atoms with E-state index in [1.165, 1.54) is 23.5 Å². The number of thiazole rings is 1. The second-order valence-corrected chi connectivity index (χ2v) is 10.2. The molecule has 142 valence electrons. The molecule has 1 aromatic carbocycles. The minimum Gasteiger partial charge on any atom is -0.321 e. The van der Waals surface area contributed by atoms with Crippen LogP contribution in [0.15, 0.2) is 29.2 Å². The number of carbonyl (C=O) groups excluding carboxylic acids is 1. The average Bonchev–Trinajstić information content (AvgIpc) is 2.87. The fourth-order valence-electron chi connectivity index (χ4n) is 2.27. The first kappa shape index (κ1) is 20.5. The van der Waals surface area contributed by atoms with Crippen LogP contribution in [0.4, 0.5) is 5.69 Å². The highest BCUT2D eigenvalue weighted by Gasteiger charge is 2.23. The molecule has 0 aliphatic heterocycles. The Bertz CT molecular complexity index is 910. The van der Waals surface area contributed by atoms with Gasteiger partial charge < -0.3 is 5.32 Å². The van der Waals surface area contributed by atoms with E-state index in [0.29, 0.717) is 16.3 Å². The molecule has 0 aliphatic rings. The summed E-state index contributed by atoms with van der Waals surface area (Å²) >= 11 is 1.36. The Morgan fingerprint density at radius 1 is 1.23 bits per heavy atom. The highest BCUT2D eigenvalue weighted by atomic mass is 32.2. The number of aromatic nitrogens is 1. The summed E-state index contributed by atoms with van der Waals surface area (Å²) in [6.07, 6.45) is 0. The van der Waals surface area contributed by atoms with Crippen molar-refractivity contribution in [2.75, 3.05) is 5.32 Å². The molecule has 0 bridgehead atoms. The smallest absolute Gasteiger partial charge is 0.267 e. The van der Waals surface area contributed by atoms with Crippen LogP contribution < -0.4 is 10.0 Å². The number of aryl methyl sites for hydroxylation is 1. The van der Waals surface area contributed by atoms with Crippen molar-refractivity contribution in [2.24, 2.45) is 0 Å². The van der Waals surface area contributed by atoms with E-state index in [1.54, 1.807) is 39.8 Å². The number of sulfonamides is 1. The van der Waals surface area contributed by atoms with E-state index in [2.05, 4.69) is 15.0 Å². The lowest BCUT2D eigenvalue weighted by atomic mass is 10.1. The van der Waals surface area contributed by atoms with Crippen molar-refractivity contribution in [1.82, 2.24) is 9.71 Å². The van der Waals surface area contributed by atoms with Gasteiger partial charge in [0.15, 0.2) is 0 Å². The first-order valence-corrected chi connectivity index (χ1v) is 10.6. The molecular weight excluding hydrogens is 370 g/mol. The third kappa shape index (κ3) is 5.12. The Balaban J connectivity index is 2.25. The van der Waals surface area contributed by atoms with Crippen LogP contribution >= 0.6 is 11.3 Å². The predicted molar refractivity (Wildman–Crippen MR) is 105 cm³/mol. The predicted octanol–water partition coefficient (Wildman–Crippen LogP) is 3.90. The molecule has 0 atom stereocenters. The summed E-state index contributed by atoms with van der Waals surface area (Å²) in [4.78, 5) is 17.6. The lowest BCUT2D eigenvalue weighted by Crippen LogP contribution is -2.40. The van der Waals surface area contributed by atoms with Crippen molar-refractivity contribution in [1.29, 1.82) is 0 Å². The van der Waals surface area contributed by atoms with E-state index < -0.39 is 15.6 Å². The third-order valence-electron chi connectivity index (χ3n) is 3.36. The van der Waals surface area contributed by atoms with Gasteiger partial charge in [-0.2, -0.15) is 0 Å².